The highest BCUT2D eigenvalue weighted by molar-refractivity contribution is 4.73. The Kier molecular flexibility index (Phi) is 6.40. The van der Waals surface area contributed by atoms with Gasteiger partial charge in [0.25, 0.3) is 0 Å². The van der Waals surface area contributed by atoms with Crippen LogP contribution in [0.4, 0.5) is 0 Å². The Morgan fingerprint density at radius 2 is 1.85 bits per heavy atom. The molecule has 0 heterocycles. The smallest absolute Gasteiger partial charge is 0.0619 e. The van der Waals surface area contributed by atoms with E-state index < -0.39 is 5.60 Å². The predicted molar refractivity (Wildman–Crippen MR) is 58.8 cm³/mol. The molecule has 1 heteroatoms. The summed E-state index contributed by atoms with van der Waals surface area (Å²) < 4.78 is 0. The van der Waals surface area contributed by atoms with Gasteiger partial charge in [0.05, 0.1) is 5.60 Å². The molecule has 80 valence electrons. The van der Waals surface area contributed by atoms with Crippen LogP contribution < -0.4 is 0 Å². The Morgan fingerprint density at radius 3 is 2.31 bits per heavy atom. The molecule has 2 unspecified atom stereocenters. The highest BCUT2D eigenvalue weighted by Crippen LogP contribution is 2.23. The van der Waals surface area contributed by atoms with Crippen molar-refractivity contribution in [2.45, 2.75) is 71.8 Å². The van der Waals surface area contributed by atoms with Crippen LogP contribution in [-0.4, -0.2) is 10.7 Å². The molecule has 0 saturated carbocycles. The van der Waals surface area contributed by atoms with Crippen LogP contribution in [0.2, 0.25) is 0 Å². The molecule has 0 saturated heterocycles. The Hall–Kier alpha value is -0.0400. The van der Waals surface area contributed by atoms with Gasteiger partial charge in [-0.15, -0.1) is 0 Å². The highest BCUT2D eigenvalue weighted by atomic mass is 16.3. The standard InChI is InChI=1S/C12H26O/c1-5-7-9-12(4,13)10-8-11(3)6-2/h11,13H,5-10H2,1-4H3. The average molecular weight is 186 g/mol. The zero-order chi connectivity index (χ0) is 10.3. The number of hydrogen-bond acceptors (Lipinski definition) is 1. The third-order valence-electron chi connectivity index (χ3n) is 2.94. The van der Waals surface area contributed by atoms with Crippen molar-refractivity contribution in [2.75, 3.05) is 0 Å². The van der Waals surface area contributed by atoms with Gasteiger partial charge in [-0.1, -0.05) is 40.0 Å². The summed E-state index contributed by atoms with van der Waals surface area (Å²) in [7, 11) is 0. The first-order chi connectivity index (χ1) is 6.02. The van der Waals surface area contributed by atoms with Gasteiger partial charge in [-0.2, -0.15) is 0 Å². The van der Waals surface area contributed by atoms with E-state index >= 15 is 0 Å². The fraction of sp³-hybridized carbons (Fsp3) is 1.00. The van der Waals surface area contributed by atoms with Crippen LogP contribution >= 0.6 is 0 Å². The van der Waals surface area contributed by atoms with Gasteiger partial charge in [-0.25, -0.2) is 0 Å². The van der Waals surface area contributed by atoms with Gasteiger partial charge < -0.3 is 5.11 Å². The molecule has 0 aliphatic carbocycles. The zero-order valence-electron chi connectivity index (χ0n) is 9.77. The van der Waals surface area contributed by atoms with Crippen LogP contribution in [-0.2, 0) is 0 Å². The maximum Gasteiger partial charge on any atom is 0.0619 e. The van der Waals surface area contributed by atoms with Crippen LogP contribution in [0.5, 0.6) is 0 Å². The van der Waals surface area contributed by atoms with E-state index in [1.165, 1.54) is 12.8 Å². The quantitative estimate of drug-likeness (QED) is 0.642. The molecule has 0 amide bonds. The lowest BCUT2D eigenvalue weighted by molar-refractivity contribution is 0.0338. The summed E-state index contributed by atoms with van der Waals surface area (Å²) in [5, 5.41) is 9.99. The van der Waals surface area contributed by atoms with Crippen LogP contribution in [0.25, 0.3) is 0 Å². The Balaban J connectivity index is 3.61. The van der Waals surface area contributed by atoms with E-state index in [0.29, 0.717) is 0 Å². The molecule has 0 aromatic carbocycles. The molecule has 0 radical (unpaired) electrons. The van der Waals surface area contributed by atoms with Crippen LogP contribution in [0, 0.1) is 5.92 Å². The third kappa shape index (κ3) is 7.06. The van der Waals surface area contributed by atoms with Crippen molar-refractivity contribution in [1.82, 2.24) is 0 Å². The van der Waals surface area contributed by atoms with Gasteiger partial charge in [0.15, 0.2) is 0 Å². The monoisotopic (exact) mass is 186 g/mol. The number of aliphatic hydroxyl groups is 1. The Bertz CT molecular complexity index is 118. The lowest BCUT2D eigenvalue weighted by Gasteiger charge is -2.24. The summed E-state index contributed by atoms with van der Waals surface area (Å²) >= 11 is 0. The second-order valence-electron chi connectivity index (χ2n) is 4.65. The van der Waals surface area contributed by atoms with Gasteiger partial charge in [-0.05, 0) is 32.1 Å². The van der Waals surface area contributed by atoms with E-state index in [1.807, 2.05) is 6.92 Å². The molecule has 2 atom stereocenters. The summed E-state index contributed by atoms with van der Waals surface area (Å²) in [4.78, 5) is 0. The van der Waals surface area contributed by atoms with Crippen molar-refractivity contribution in [3.63, 3.8) is 0 Å². The summed E-state index contributed by atoms with van der Waals surface area (Å²) in [5.74, 6) is 0.758. The number of unbranched alkanes of at least 4 members (excludes halogenated alkanes) is 1. The second-order valence-corrected chi connectivity index (χ2v) is 4.65. The Labute approximate surface area is 83.5 Å². The minimum atomic E-state index is -0.417. The van der Waals surface area contributed by atoms with E-state index in [2.05, 4.69) is 20.8 Å². The van der Waals surface area contributed by atoms with E-state index in [4.69, 9.17) is 0 Å². The maximum absolute atomic E-state index is 9.99. The third-order valence-corrected chi connectivity index (χ3v) is 2.94. The first kappa shape index (κ1) is 13.0. The normalized spacial score (nSPS) is 18.2. The first-order valence-corrected chi connectivity index (χ1v) is 5.74. The molecule has 1 nitrogen and oxygen atoms in total. The summed E-state index contributed by atoms with van der Waals surface area (Å²) in [6, 6.07) is 0. The van der Waals surface area contributed by atoms with Crippen molar-refractivity contribution >= 4 is 0 Å². The van der Waals surface area contributed by atoms with Crippen LogP contribution in [0.3, 0.4) is 0 Å². The molecule has 0 aromatic rings. The SMILES string of the molecule is CCCCC(C)(O)CCC(C)CC. The lowest BCUT2D eigenvalue weighted by atomic mass is 9.89. The van der Waals surface area contributed by atoms with Crippen molar-refractivity contribution < 1.29 is 5.11 Å². The van der Waals surface area contributed by atoms with Gasteiger partial charge in [-0.3, -0.25) is 0 Å². The predicted octanol–water partition coefficient (Wildman–Crippen LogP) is 3.75. The number of hydrogen-bond donors (Lipinski definition) is 1. The minimum Gasteiger partial charge on any atom is -0.390 e. The fourth-order valence-electron chi connectivity index (χ4n) is 1.44. The van der Waals surface area contributed by atoms with Crippen molar-refractivity contribution in [3.05, 3.63) is 0 Å². The molecule has 0 aliphatic rings. The van der Waals surface area contributed by atoms with E-state index in [0.717, 1.165) is 31.6 Å². The largest absolute Gasteiger partial charge is 0.390 e. The van der Waals surface area contributed by atoms with Gasteiger partial charge in [0.2, 0.25) is 0 Å². The van der Waals surface area contributed by atoms with Crippen molar-refractivity contribution in [2.24, 2.45) is 5.92 Å². The molecule has 0 bridgehead atoms. The topological polar surface area (TPSA) is 20.2 Å². The van der Waals surface area contributed by atoms with E-state index in [-0.39, 0.29) is 0 Å². The van der Waals surface area contributed by atoms with Crippen LogP contribution in [0.15, 0.2) is 0 Å². The van der Waals surface area contributed by atoms with Gasteiger partial charge in [0, 0.05) is 0 Å². The summed E-state index contributed by atoms with van der Waals surface area (Å²) in [6.45, 7) is 8.62. The zero-order valence-corrected chi connectivity index (χ0v) is 9.77. The molecule has 1 N–H and O–H groups in total. The van der Waals surface area contributed by atoms with E-state index in [1.54, 1.807) is 0 Å². The molecule has 13 heavy (non-hydrogen) atoms. The van der Waals surface area contributed by atoms with Gasteiger partial charge >= 0.3 is 0 Å². The molecule has 0 rings (SSSR count). The number of rotatable bonds is 7. The maximum atomic E-state index is 9.99. The van der Waals surface area contributed by atoms with Gasteiger partial charge in [0.1, 0.15) is 0 Å². The summed E-state index contributed by atoms with van der Waals surface area (Å²) in [6.07, 6.45) is 6.63. The van der Waals surface area contributed by atoms with Crippen LogP contribution in [0.1, 0.15) is 66.2 Å². The molecule has 0 aromatic heterocycles. The molecule has 0 aliphatic heterocycles. The fourth-order valence-corrected chi connectivity index (χ4v) is 1.44. The summed E-state index contributed by atoms with van der Waals surface area (Å²) in [5.41, 5.74) is -0.417. The highest BCUT2D eigenvalue weighted by Gasteiger charge is 2.19. The Morgan fingerprint density at radius 1 is 1.23 bits per heavy atom. The second kappa shape index (κ2) is 6.42. The first-order valence-electron chi connectivity index (χ1n) is 5.74. The average Bonchev–Trinajstić information content (AvgIpc) is 2.11. The van der Waals surface area contributed by atoms with E-state index in [9.17, 15) is 5.11 Å². The molecule has 0 spiro atoms. The lowest BCUT2D eigenvalue weighted by Crippen LogP contribution is -2.24. The molecule has 0 fully saturated rings. The van der Waals surface area contributed by atoms with Crippen molar-refractivity contribution in [3.8, 4) is 0 Å². The minimum absolute atomic E-state index is 0.417. The van der Waals surface area contributed by atoms with Crippen molar-refractivity contribution in [1.29, 1.82) is 0 Å². The molecular formula is C12H26O. The molecular weight excluding hydrogens is 160 g/mol.